The van der Waals surface area contributed by atoms with Crippen molar-refractivity contribution in [3.63, 3.8) is 0 Å². The van der Waals surface area contributed by atoms with Crippen LogP contribution in [0.5, 0.6) is 0 Å². The van der Waals surface area contributed by atoms with Gasteiger partial charge in [-0.1, -0.05) is 18.2 Å². The lowest BCUT2D eigenvalue weighted by Gasteiger charge is -2.26. The fourth-order valence-electron chi connectivity index (χ4n) is 5.19. The number of hydrogen-bond donors (Lipinski definition) is 3. The van der Waals surface area contributed by atoms with Crippen LogP contribution in [0.4, 0.5) is 0 Å². The minimum absolute atomic E-state index is 0.111. The van der Waals surface area contributed by atoms with E-state index in [1.165, 1.54) is 0 Å². The summed E-state index contributed by atoms with van der Waals surface area (Å²) in [6.45, 7) is 4.97. The number of hydrogen-bond acceptors (Lipinski definition) is 5. The van der Waals surface area contributed by atoms with Crippen LogP contribution in [0.15, 0.2) is 77.9 Å². The predicted molar refractivity (Wildman–Crippen MR) is 149 cm³/mol. The summed E-state index contributed by atoms with van der Waals surface area (Å²) in [5.41, 5.74) is 5.17. The molecule has 0 aliphatic carbocycles. The van der Waals surface area contributed by atoms with Crippen LogP contribution in [0.3, 0.4) is 0 Å². The van der Waals surface area contributed by atoms with E-state index in [9.17, 15) is 9.59 Å². The number of carbonyl (C=O) groups is 1. The average Bonchev–Trinajstić information content (AvgIpc) is 3.34. The molecule has 0 bridgehead atoms. The molecule has 0 unspecified atom stereocenters. The molecule has 4 heterocycles. The largest absolute Gasteiger partial charge is 0.379 e. The lowest BCUT2D eigenvalue weighted by molar-refractivity contribution is 0.0374. The predicted octanol–water partition coefficient (Wildman–Crippen LogP) is 4.19. The maximum absolute atomic E-state index is 13.1. The van der Waals surface area contributed by atoms with Gasteiger partial charge in [0, 0.05) is 59.4 Å². The van der Waals surface area contributed by atoms with Crippen molar-refractivity contribution in [2.24, 2.45) is 0 Å². The van der Waals surface area contributed by atoms with Gasteiger partial charge in [-0.15, -0.1) is 0 Å². The summed E-state index contributed by atoms with van der Waals surface area (Å²) in [7, 11) is 0. The van der Waals surface area contributed by atoms with E-state index in [1.54, 1.807) is 18.5 Å². The van der Waals surface area contributed by atoms with Crippen molar-refractivity contribution in [2.75, 3.05) is 39.4 Å². The van der Waals surface area contributed by atoms with Crippen LogP contribution in [0.2, 0.25) is 0 Å². The van der Waals surface area contributed by atoms with E-state index >= 15 is 0 Å². The number of fused-ring (bicyclic) bond motifs is 2. The summed E-state index contributed by atoms with van der Waals surface area (Å²) < 4.78 is 5.40. The molecule has 1 saturated heterocycles. The van der Waals surface area contributed by atoms with Crippen molar-refractivity contribution in [3.8, 4) is 22.4 Å². The summed E-state index contributed by atoms with van der Waals surface area (Å²) in [6.07, 6.45) is 4.27. The number of aromatic nitrogens is 3. The Morgan fingerprint density at radius 1 is 1.00 bits per heavy atom. The lowest BCUT2D eigenvalue weighted by Crippen LogP contribution is -2.38. The molecule has 0 spiro atoms. The molecule has 1 aliphatic heterocycles. The number of amides is 1. The molecule has 8 heteroatoms. The topological polar surface area (TPSA) is 103 Å². The van der Waals surface area contributed by atoms with E-state index in [4.69, 9.17) is 4.74 Å². The molecule has 3 N–H and O–H groups in total. The number of morpholine rings is 1. The number of ether oxygens (including phenoxy) is 1. The van der Waals surface area contributed by atoms with Crippen LogP contribution in [-0.2, 0) is 4.74 Å². The SMILES string of the molecule is O=C(NCCCN1CCOCC1)c1ccc2[nH]c(-c3ccc[nH]c3=O)c(-c3cccc4ncccc34)c2c1. The third-order valence-corrected chi connectivity index (χ3v) is 7.10. The van der Waals surface area contributed by atoms with Crippen molar-refractivity contribution in [1.29, 1.82) is 0 Å². The quantitative estimate of drug-likeness (QED) is 0.287. The third kappa shape index (κ3) is 4.71. The number of pyridine rings is 2. The Bertz CT molecular complexity index is 1660. The number of aromatic amines is 2. The van der Waals surface area contributed by atoms with Gasteiger partial charge in [0.25, 0.3) is 11.5 Å². The first-order valence-electron chi connectivity index (χ1n) is 13.0. The molecule has 1 aliphatic rings. The number of H-pyrrole nitrogens is 2. The fourth-order valence-corrected chi connectivity index (χ4v) is 5.19. The Hall–Kier alpha value is -4.27. The smallest absolute Gasteiger partial charge is 0.257 e. The summed E-state index contributed by atoms with van der Waals surface area (Å²) in [6, 6.07) is 19.2. The maximum atomic E-state index is 13.1. The molecular weight excluding hydrogens is 478 g/mol. The number of carbonyl (C=O) groups excluding carboxylic acids is 1. The Morgan fingerprint density at radius 3 is 2.74 bits per heavy atom. The van der Waals surface area contributed by atoms with Crippen LogP contribution >= 0.6 is 0 Å². The average molecular weight is 508 g/mol. The summed E-state index contributed by atoms with van der Waals surface area (Å²) in [5.74, 6) is -0.111. The van der Waals surface area contributed by atoms with Crippen molar-refractivity contribution in [2.45, 2.75) is 6.42 Å². The van der Waals surface area contributed by atoms with Crippen molar-refractivity contribution < 1.29 is 9.53 Å². The van der Waals surface area contributed by atoms with Gasteiger partial charge in [-0.25, -0.2) is 0 Å². The highest BCUT2D eigenvalue weighted by Crippen LogP contribution is 2.40. The molecule has 38 heavy (non-hydrogen) atoms. The molecular formula is C30H29N5O3. The van der Waals surface area contributed by atoms with Crippen LogP contribution in [-0.4, -0.2) is 65.2 Å². The van der Waals surface area contributed by atoms with Crippen molar-refractivity contribution >= 4 is 27.7 Å². The highest BCUT2D eigenvalue weighted by atomic mass is 16.5. The monoisotopic (exact) mass is 507 g/mol. The van der Waals surface area contributed by atoms with Gasteiger partial charge in [0.15, 0.2) is 0 Å². The van der Waals surface area contributed by atoms with E-state index in [0.29, 0.717) is 23.4 Å². The van der Waals surface area contributed by atoms with Crippen molar-refractivity contribution in [1.82, 2.24) is 25.2 Å². The van der Waals surface area contributed by atoms with E-state index < -0.39 is 0 Å². The van der Waals surface area contributed by atoms with Gasteiger partial charge in [0.05, 0.1) is 30.0 Å². The molecule has 6 rings (SSSR count). The first kappa shape index (κ1) is 24.1. The van der Waals surface area contributed by atoms with Gasteiger partial charge in [0.2, 0.25) is 0 Å². The summed E-state index contributed by atoms with van der Waals surface area (Å²) in [5, 5.41) is 4.92. The first-order chi connectivity index (χ1) is 18.7. The minimum atomic E-state index is -0.183. The van der Waals surface area contributed by atoms with Crippen LogP contribution in [0.1, 0.15) is 16.8 Å². The highest BCUT2D eigenvalue weighted by Gasteiger charge is 2.20. The second-order valence-corrected chi connectivity index (χ2v) is 9.49. The van der Waals surface area contributed by atoms with Gasteiger partial charge in [0.1, 0.15) is 0 Å². The molecule has 0 radical (unpaired) electrons. The zero-order valence-electron chi connectivity index (χ0n) is 21.0. The number of rotatable bonds is 7. The van der Waals surface area contributed by atoms with Gasteiger partial charge in [-0.2, -0.15) is 0 Å². The number of nitrogens with one attached hydrogen (secondary N) is 3. The molecule has 5 aromatic rings. The zero-order chi connectivity index (χ0) is 25.9. The Labute approximate surface area is 219 Å². The van der Waals surface area contributed by atoms with E-state index in [1.807, 2.05) is 54.6 Å². The standard InChI is InChI=1S/C30H29N5O3/c36-29(32-13-4-14-35-15-17-38-18-16-35)20-9-10-26-24(19-20)27(28(34-26)23-7-3-12-33-30(23)37)22-5-1-8-25-21(22)6-2-11-31-25/h1-3,5-12,19,34H,4,13-18H2,(H,32,36)(H,33,37). The van der Waals surface area contributed by atoms with Crippen LogP contribution < -0.4 is 10.9 Å². The molecule has 0 atom stereocenters. The Kier molecular flexibility index (Phi) is 6.73. The summed E-state index contributed by atoms with van der Waals surface area (Å²) in [4.78, 5) is 39.0. The number of benzene rings is 2. The van der Waals surface area contributed by atoms with E-state index in [0.717, 1.165) is 72.2 Å². The van der Waals surface area contributed by atoms with Gasteiger partial charge in [-0.3, -0.25) is 19.5 Å². The molecule has 192 valence electrons. The van der Waals surface area contributed by atoms with E-state index in [2.05, 4.69) is 25.2 Å². The van der Waals surface area contributed by atoms with Gasteiger partial charge < -0.3 is 20.0 Å². The fraction of sp³-hybridized carbons (Fsp3) is 0.233. The molecule has 3 aromatic heterocycles. The molecule has 1 amide bonds. The third-order valence-electron chi connectivity index (χ3n) is 7.10. The zero-order valence-corrected chi connectivity index (χ0v) is 21.0. The van der Waals surface area contributed by atoms with Gasteiger partial charge in [-0.05, 0) is 61.0 Å². The van der Waals surface area contributed by atoms with Crippen LogP contribution in [0, 0.1) is 0 Å². The maximum Gasteiger partial charge on any atom is 0.257 e. The van der Waals surface area contributed by atoms with Gasteiger partial charge >= 0.3 is 0 Å². The van der Waals surface area contributed by atoms with Crippen LogP contribution in [0.25, 0.3) is 44.2 Å². The highest BCUT2D eigenvalue weighted by molar-refractivity contribution is 6.11. The Balaban J connectivity index is 1.37. The van der Waals surface area contributed by atoms with E-state index in [-0.39, 0.29) is 11.5 Å². The second kappa shape index (κ2) is 10.6. The second-order valence-electron chi connectivity index (χ2n) is 9.49. The molecule has 8 nitrogen and oxygen atoms in total. The molecule has 1 fully saturated rings. The van der Waals surface area contributed by atoms with Crippen molar-refractivity contribution in [3.05, 3.63) is 89.0 Å². The molecule has 0 saturated carbocycles. The lowest BCUT2D eigenvalue weighted by atomic mass is 9.95. The normalized spacial score (nSPS) is 14.2. The molecule has 2 aromatic carbocycles. The number of nitrogens with zero attached hydrogens (tertiary/aromatic N) is 2. The first-order valence-corrected chi connectivity index (χ1v) is 13.0. The summed E-state index contributed by atoms with van der Waals surface area (Å²) >= 11 is 0. The Morgan fingerprint density at radius 2 is 1.87 bits per heavy atom. The minimum Gasteiger partial charge on any atom is -0.379 e.